The topological polar surface area (TPSA) is 65.2 Å². The summed E-state index contributed by atoms with van der Waals surface area (Å²) in [6.45, 7) is 2.39. The lowest BCUT2D eigenvalue weighted by atomic mass is 10.1. The van der Waals surface area contributed by atoms with Crippen LogP contribution in [0.25, 0.3) is 11.3 Å². The second-order valence-corrected chi connectivity index (χ2v) is 8.51. The average Bonchev–Trinajstić information content (AvgIpc) is 3.27. The molecule has 0 unspecified atom stereocenters. The van der Waals surface area contributed by atoms with Crippen LogP contribution in [0.15, 0.2) is 42.5 Å². The monoisotopic (exact) mass is 331 g/mol. The SMILES string of the molecule is O=S(=O)(NC1CN(Cc2ccc(-c3ccccc3)[nH]2)C1)C1CC1. The van der Waals surface area contributed by atoms with Crippen LogP contribution in [0.2, 0.25) is 0 Å². The fourth-order valence-corrected chi connectivity index (χ4v) is 4.60. The molecule has 122 valence electrons. The zero-order chi connectivity index (χ0) is 15.9. The maximum atomic E-state index is 11.9. The number of aromatic amines is 1. The molecular weight excluding hydrogens is 310 g/mol. The first-order chi connectivity index (χ1) is 11.1. The van der Waals surface area contributed by atoms with Crippen LogP contribution in [-0.4, -0.2) is 42.7 Å². The summed E-state index contributed by atoms with van der Waals surface area (Å²) in [5, 5.41) is -0.131. The number of aromatic nitrogens is 1. The van der Waals surface area contributed by atoms with E-state index >= 15 is 0 Å². The van der Waals surface area contributed by atoms with Crippen LogP contribution < -0.4 is 4.72 Å². The van der Waals surface area contributed by atoms with E-state index in [1.165, 1.54) is 5.56 Å². The number of hydrogen-bond donors (Lipinski definition) is 2. The summed E-state index contributed by atoms with van der Waals surface area (Å²) in [6.07, 6.45) is 1.63. The summed E-state index contributed by atoms with van der Waals surface area (Å²) < 4.78 is 26.6. The Hall–Kier alpha value is -1.63. The van der Waals surface area contributed by atoms with Gasteiger partial charge in [0.05, 0.1) is 5.25 Å². The van der Waals surface area contributed by atoms with Crippen molar-refractivity contribution >= 4 is 10.0 Å². The Labute approximate surface area is 136 Å². The first-order valence-electron chi connectivity index (χ1n) is 8.07. The van der Waals surface area contributed by atoms with Crippen LogP contribution in [0.1, 0.15) is 18.5 Å². The fourth-order valence-electron chi connectivity index (χ4n) is 3.04. The summed E-state index contributed by atoms with van der Waals surface area (Å²) in [4.78, 5) is 5.69. The molecule has 6 heteroatoms. The van der Waals surface area contributed by atoms with Crippen molar-refractivity contribution in [2.75, 3.05) is 13.1 Å². The molecule has 0 bridgehead atoms. The van der Waals surface area contributed by atoms with Gasteiger partial charge in [0, 0.05) is 37.1 Å². The largest absolute Gasteiger partial charge is 0.357 e. The van der Waals surface area contributed by atoms with Gasteiger partial charge >= 0.3 is 0 Å². The van der Waals surface area contributed by atoms with Crippen molar-refractivity contribution in [1.82, 2.24) is 14.6 Å². The predicted molar refractivity (Wildman–Crippen MR) is 90.4 cm³/mol. The van der Waals surface area contributed by atoms with E-state index in [0.29, 0.717) is 0 Å². The number of benzene rings is 1. The van der Waals surface area contributed by atoms with Crippen LogP contribution >= 0.6 is 0 Å². The number of H-pyrrole nitrogens is 1. The van der Waals surface area contributed by atoms with Crippen molar-refractivity contribution in [3.63, 3.8) is 0 Å². The molecule has 1 aliphatic carbocycles. The van der Waals surface area contributed by atoms with E-state index in [9.17, 15) is 8.42 Å². The first-order valence-corrected chi connectivity index (χ1v) is 9.61. The standard InChI is InChI=1S/C17H21N3O2S/c21-23(22,16-7-8-16)19-15-11-20(12-15)10-14-6-9-17(18-14)13-4-2-1-3-5-13/h1-6,9,15-16,18-19H,7-8,10-12H2. The Kier molecular flexibility index (Phi) is 3.75. The third-order valence-corrected chi connectivity index (χ3v) is 6.49. The van der Waals surface area contributed by atoms with Gasteiger partial charge < -0.3 is 4.98 Å². The van der Waals surface area contributed by atoms with E-state index in [1.807, 2.05) is 18.2 Å². The van der Waals surface area contributed by atoms with E-state index in [1.54, 1.807) is 0 Å². The summed E-state index contributed by atoms with van der Waals surface area (Å²) in [6, 6.07) is 14.5. The minimum absolute atomic E-state index is 0.0733. The summed E-state index contributed by atoms with van der Waals surface area (Å²) in [5.74, 6) is 0. The minimum Gasteiger partial charge on any atom is -0.357 e. The summed E-state index contributed by atoms with van der Waals surface area (Å²) >= 11 is 0. The molecule has 0 atom stereocenters. The molecule has 2 heterocycles. The molecule has 1 aromatic carbocycles. The highest BCUT2D eigenvalue weighted by Crippen LogP contribution is 2.28. The smallest absolute Gasteiger partial charge is 0.214 e. The molecule has 1 saturated carbocycles. The van der Waals surface area contributed by atoms with Gasteiger partial charge in [-0.25, -0.2) is 13.1 Å². The zero-order valence-corrected chi connectivity index (χ0v) is 13.7. The van der Waals surface area contributed by atoms with E-state index in [4.69, 9.17) is 0 Å². The van der Waals surface area contributed by atoms with Gasteiger partial charge in [-0.15, -0.1) is 0 Å². The Morgan fingerprint density at radius 2 is 1.83 bits per heavy atom. The van der Waals surface area contributed by atoms with Gasteiger partial charge in [-0.1, -0.05) is 30.3 Å². The van der Waals surface area contributed by atoms with Gasteiger partial charge in [0.15, 0.2) is 0 Å². The highest BCUT2D eigenvalue weighted by molar-refractivity contribution is 7.90. The molecule has 1 aliphatic heterocycles. The average molecular weight is 331 g/mol. The molecule has 2 fully saturated rings. The van der Waals surface area contributed by atoms with Gasteiger partial charge in [0.1, 0.15) is 0 Å². The molecule has 1 saturated heterocycles. The second kappa shape index (κ2) is 5.78. The zero-order valence-electron chi connectivity index (χ0n) is 12.9. The third-order valence-electron chi connectivity index (χ3n) is 4.48. The number of nitrogens with zero attached hydrogens (tertiary/aromatic N) is 1. The molecule has 2 aromatic rings. The van der Waals surface area contributed by atoms with E-state index in [2.05, 4.69) is 38.9 Å². The van der Waals surface area contributed by atoms with Crippen molar-refractivity contribution in [3.8, 4) is 11.3 Å². The van der Waals surface area contributed by atoms with Crippen molar-refractivity contribution in [2.45, 2.75) is 30.7 Å². The Balaban J connectivity index is 1.30. The van der Waals surface area contributed by atoms with Gasteiger partial charge in [0.2, 0.25) is 10.0 Å². The normalized spacial score (nSPS) is 19.7. The lowest BCUT2D eigenvalue weighted by molar-refractivity contribution is 0.131. The number of likely N-dealkylation sites (tertiary alicyclic amines) is 1. The Morgan fingerprint density at radius 3 is 2.52 bits per heavy atom. The lowest BCUT2D eigenvalue weighted by Gasteiger charge is -2.39. The molecule has 4 rings (SSSR count). The van der Waals surface area contributed by atoms with Gasteiger partial charge in [-0.3, -0.25) is 4.90 Å². The fraction of sp³-hybridized carbons (Fsp3) is 0.412. The highest BCUT2D eigenvalue weighted by Gasteiger charge is 2.39. The Morgan fingerprint density at radius 1 is 1.09 bits per heavy atom. The van der Waals surface area contributed by atoms with Gasteiger partial charge in [0.25, 0.3) is 0 Å². The number of sulfonamides is 1. The quantitative estimate of drug-likeness (QED) is 0.850. The molecule has 0 amide bonds. The number of rotatable bonds is 6. The number of nitrogens with one attached hydrogen (secondary N) is 2. The summed E-state index contributed by atoms with van der Waals surface area (Å²) in [7, 11) is -3.06. The summed E-state index contributed by atoms with van der Waals surface area (Å²) in [5.41, 5.74) is 3.46. The van der Waals surface area contributed by atoms with Gasteiger partial charge in [-0.2, -0.15) is 0 Å². The van der Waals surface area contributed by atoms with E-state index in [0.717, 1.165) is 43.9 Å². The molecule has 0 radical (unpaired) electrons. The Bertz CT molecular complexity index is 775. The molecule has 23 heavy (non-hydrogen) atoms. The first kappa shape index (κ1) is 14.9. The van der Waals surface area contributed by atoms with Crippen LogP contribution in [0.3, 0.4) is 0 Å². The van der Waals surface area contributed by atoms with Crippen LogP contribution in [0.5, 0.6) is 0 Å². The third kappa shape index (κ3) is 3.34. The minimum atomic E-state index is -3.06. The lowest BCUT2D eigenvalue weighted by Crippen LogP contribution is -2.59. The van der Waals surface area contributed by atoms with E-state index in [-0.39, 0.29) is 11.3 Å². The van der Waals surface area contributed by atoms with Crippen molar-refractivity contribution < 1.29 is 8.42 Å². The van der Waals surface area contributed by atoms with Crippen molar-refractivity contribution in [2.24, 2.45) is 0 Å². The maximum absolute atomic E-state index is 11.9. The van der Waals surface area contributed by atoms with Crippen LogP contribution in [0, 0.1) is 0 Å². The molecule has 1 aromatic heterocycles. The van der Waals surface area contributed by atoms with Crippen LogP contribution in [-0.2, 0) is 16.6 Å². The highest BCUT2D eigenvalue weighted by atomic mass is 32.2. The molecule has 0 spiro atoms. The van der Waals surface area contributed by atoms with Crippen LogP contribution in [0.4, 0.5) is 0 Å². The number of hydrogen-bond acceptors (Lipinski definition) is 3. The molecule has 2 N–H and O–H groups in total. The maximum Gasteiger partial charge on any atom is 0.214 e. The second-order valence-electron chi connectivity index (χ2n) is 6.52. The van der Waals surface area contributed by atoms with Gasteiger partial charge in [-0.05, 0) is 30.5 Å². The molecule has 2 aliphatic rings. The molecular formula is C17H21N3O2S. The van der Waals surface area contributed by atoms with Crippen molar-refractivity contribution in [1.29, 1.82) is 0 Å². The molecule has 5 nitrogen and oxygen atoms in total. The predicted octanol–water partition coefficient (Wildman–Crippen LogP) is 1.95. The van der Waals surface area contributed by atoms with Crippen molar-refractivity contribution in [3.05, 3.63) is 48.2 Å². The van der Waals surface area contributed by atoms with E-state index < -0.39 is 10.0 Å².